The van der Waals surface area contributed by atoms with Crippen LogP contribution < -0.4 is 4.74 Å². The molecule has 0 aliphatic heterocycles. The molecule has 86 valence electrons. The van der Waals surface area contributed by atoms with Crippen molar-refractivity contribution in [3.63, 3.8) is 0 Å². The fourth-order valence-corrected chi connectivity index (χ4v) is 1.26. The van der Waals surface area contributed by atoms with Gasteiger partial charge in [0.2, 0.25) is 0 Å². The molecule has 5 heteroatoms. The number of carbonyl (C=O) groups is 2. The highest BCUT2D eigenvalue weighted by Crippen LogP contribution is 2.30. The molecular formula is C11H12O5. The van der Waals surface area contributed by atoms with Crippen molar-refractivity contribution in [1.29, 1.82) is 0 Å². The number of phenolic OH excluding ortho intramolecular Hbond substituents is 1. The fraction of sp³-hybridized carbons (Fsp3) is 0.273. The molecule has 16 heavy (non-hydrogen) atoms. The second-order valence-corrected chi connectivity index (χ2v) is 3.32. The second kappa shape index (κ2) is 4.65. The average molecular weight is 224 g/mol. The first kappa shape index (κ1) is 12.0. The summed E-state index contributed by atoms with van der Waals surface area (Å²) in [7, 11) is 0. The summed E-state index contributed by atoms with van der Waals surface area (Å²) in [4.78, 5) is 21.4. The topological polar surface area (TPSA) is 83.8 Å². The minimum Gasteiger partial charge on any atom is -0.507 e. The number of ketones is 1. The number of aromatic hydroxyl groups is 1. The molecule has 0 bridgehead atoms. The average Bonchev–Trinajstić information content (AvgIpc) is 2.19. The van der Waals surface area contributed by atoms with Gasteiger partial charge < -0.3 is 14.9 Å². The highest BCUT2D eigenvalue weighted by atomic mass is 16.5. The molecule has 0 aliphatic rings. The van der Waals surface area contributed by atoms with Crippen molar-refractivity contribution < 1.29 is 24.5 Å². The zero-order valence-corrected chi connectivity index (χ0v) is 8.98. The predicted molar refractivity (Wildman–Crippen MR) is 56.0 cm³/mol. The molecule has 1 rings (SSSR count). The van der Waals surface area contributed by atoms with Crippen molar-refractivity contribution in [3.8, 4) is 11.5 Å². The molecule has 1 aromatic carbocycles. The van der Waals surface area contributed by atoms with Crippen LogP contribution >= 0.6 is 0 Å². The Balaban J connectivity index is 3.02. The van der Waals surface area contributed by atoms with Crippen molar-refractivity contribution in [3.05, 3.63) is 23.3 Å². The normalized spacial score (nSPS) is 9.88. The van der Waals surface area contributed by atoms with Crippen LogP contribution in [-0.2, 0) is 4.79 Å². The molecule has 0 amide bonds. The summed E-state index contributed by atoms with van der Waals surface area (Å²) in [5.41, 5.74) is 0.550. The fourth-order valence-electron chi connectivity index (χ4n) is 1.26. The van der Waals surface area contributed by atoms with E-state index in [1.807, 2.05) is 0 Å². The second-order valence-electron chi connectivity index (χ2n) is 3.32. The van der Waals surface area contributed by atoms with Gasteiger partial charge in [0.25, 0.3) is 0 Å². The number of aliphatic carboxylic acids is 1. The summed E-state index contributed by atoms with van der Waals surface area (Å²) in [6.45, 7) is 2.41. The number of phenols is 1. The van der Waals surface area contributed by atoms with Crippen LogP contribution in [0.5, 0.6) is 11.5 Å². The van der Waals surface area contributed by atoms with Crippen LogP contribution in [0.25, 0.3) is 0 Å². The number of ether oxygens (including phenoxy) is 1. The maximum absolute atomic E-state index is 11.1. The zero-order valence-electron chi connectivity index (χ0n) is 8.98. The minimum atomic E-state index is -1.10. The van der Waals surface area contributed by atoms with Gasteiger partial charge in [0.1, 0.15) is 11.5 Å². The third-order valence-electron chi connectivity index (χ3n) is 2.11. The van der Waals surface area contributed by atoms with Gasteiger partial charge in [-0.3, -0.25) is 4.79 Å². The number of Topliss-reactive ketones (excluding diaryl/α,β-unsaturated/α-hetero) is 1. The Labute approximate surface area is 92.3 Å². The van der Waals surface area contributed by atoms with Crippen LogP contribution in [0.1, 0.15) is 22.8 Å². The molecule has 0 heterocycles. The molecule has 0 aliphatic carbocycles. The SMILES string of the molecule is CC(=O)c1ccc(OCC(=O)O)c(C)c1O. The molecule has 0 spiro atoms. The number of carboxylic acid groups (broad SMARTS) is 1. The molecule has 0 radical (unpaired) electrons. The van der Waals surface area contributed by atoms with Gasteiger partial charge in [-0.2, -0.15) is 0 Å². The van der Waals surface area contributed by atoms with Crippen molar-refractivity contribution >= 4 is 11.8 Å². The smallest absolute Gasteiger partial charge is 0.341 e. The number of rotatable bonds is 4. The Morgan fingerprint density at radius 1 is 1.38 bits per heavy atom. The lowest BCUT2D eigenvalue weighted by molar-refractivity contribution is -0.139. The Morgan fingerprint density at radius 2 is 2.00 bits per heavy atom. The molecule has 0 saturated carbocycles. The van der Waals surface area contributed by atoms with E-state index in [0.717, 1.165) is 0 Å². The number of carboxylic acids is 1. The largest absolute Gasteiger partial charge is 0.507 e. The lowest BCUT2D eigenvalue weighted by Crippen LogP contribution is -2.10. The van der Waals surface area contributed by atoms with Gasteiger partial charge in [-0.05, 0) is 26.0 Å². The molecule has 0 aromatic heterocycles. The van der Waals surface area contributed by atoms with E-state index < -0.39 is 12.6 Å². The van der Waals surface area contributed by atoms with Crippen molar-refractivity contribution in [2.75, 3.05) is 6.61 Å². The summed E-state index contributed by atoms with van der Waals surface area (Å²) < 4.78 is 4.94. The molecule has 2 N–H and O–H groups in total. The van der Waals surface area contributed by atoms with Gasteiger partial charge >= 0.3 is 5.97 Å². The summed E-state index contributed by atoms with van der Waals surface area (Å²) in [6.07, 6.45) is 0. The van der Waals surface area contributed by atoms with E-state index in [9.17, 15) is 14.7 Å². The van der Waals surface area contributed by atoms with Crippen LogP contribution in [0.15, 0.2) is 12.1 Å². The maximum atomic E-state index is 11.1. The standard InChI is InChI=1S/C11H12O5/c1-6-9(16-5-10(13)14)4-3-8(7(2)12)11(6)15/h3-4,15H,5H2,1-2H3,(H,13,14). The summed E-state index contributed by atoms with van der Waals surface area (Å²) in [5, 5.41) is 18.1. The quantitative estimate of drug-likeness (QED) is 0.754. The number of hydrogen-bond acceptors (Lipinski definition) is 4. The molecule has 5 nitrogen and oxygen atoms in total. The van der Waals surface area contributed by atoms with E-state index in [2.05, 4.69) is 0 Å². The molecule has 0 atom stereocenters. The van der Waals surface area contributed by atoms with Gasteiger partial charge in [0, 0.05) is 5.56 Å². The van der Waals surface area contributed by atoms with E-state index >= 15 is 0 Å². The van der Waals surface area contributed by atoms with Gasteiger partial charge in [-0.15, -0.1) is 0 Å². The Bertz CT molecular complexity index is 436. The van der Waals surface area contributed by atoms with Crippen LogP contribution in [0.2, 0.25) is 0 Å². The summed E-state index contributed by atoms with van der Waals surface area (Å²) >= 11 is 0. The lowest BCUT2D eigenvalue weighted by atomic mass is 10.1. The molecule has 1 aromatic rings. The van der Waals surface area contributed by atoms with Crippen LogP contribution in [0, 0.1) is 6.92 Å². The maximum Gasteiger partial charge on any atom is 0.341 e. The van der Waals surface area contributed by atoms with E-state index in [4.69, 9.17) is 9.84 Å². The Hall–Kier alpha value is -2.04. The molecule has 0 fully saturated rings. The Kier molecular flexibility index (Phi) is 3.50. The monoisotopic (exact) mass is 224 g/mol. The summed E-state index contributed by atoms with van der Waals surface area (Å²) in [6, 6.07) is 2.87. The lowest BCUT2D eigenvalue weighted by Gasteiger charge is -2.10. The van der Waals surface area contributed by atoms with E-state index in [1.54, 1.807) is 6.92 Å². The first-order valence-corrected chi connectivity index (χ1v) is 4.61. The predicted octanol–water partition coefficient (Wildman–Crippen LogP) is 1.37. The number of carbonyl (C=O) groups excluding carboxylic acids is 1. The van der Waals surface area contributed by atoms with Crippen LogP contribution in [0.4, 0.5) is 0 Å². The van der Waals surface area contributed by atoms with E-state index in [0.29, 0.717) is 5.56 Å². The number of hydrogen-bond donors (Lipinski definition) is 2. The van der Waals surface area contributed by atoms with Crippen LogP contribution in [-0.4, -0.2) is 28.6 Å². The van der Waals surface area contributed by atoms with E-state index in [-0.39, 0.29) is 22.8 Å². The van der Waals surface area contributed by atoms with Crippen molar-refractivity contribution in [2.45, 2.75) is 13.8 Å². The third kappa shape index (κ3) is 2.50. The first-order valence-electron chi connectivity index (χ1n) is 4.61. The highest BCUT2D eigenvalue weighted by Gasteiger charge is 2.13. The molecular weight excluding hydrogens is 212 g/mol. The minimum absolute atomic E-state index is 0.171. The van der Waals surface area contributed by atoms with Crippen molar-refractivity contribution in [1.82, 2.24) is 0 Å². The van der Waals surface area contributed by atoms with Gasteiger partial charge in [-0.25, -0.2) is 4.79 Å². The highest BCUT2D eigenvalue weighted by molar-refractivity contribution is 5.97. The molecule has 0 unspecified atom stereocenters. The Morgan fingerprint density at radius 3 is 2.50 bits per heavy atom. The first-order chi connectivity index (χ1) is 7.43. The molecule has 0 saturated heterocycles. The third-order valence-corrected chi connectivity index (χ3v) is 2.11. The van der Waals surface area contributed by atoms with Gasteiger partial charge in [-0.1, -0.05) is 0 Å². The van der Waals surface area contributed by atoms with Crippen LogP contribution in [0.3, 0.4) is 0 Å². The number of benzene rings is 1. The van der Waals surface area contributed by atoms with E-state index in [1.165, 1.54) is 19.1 Å². The van der Waals surface area contributed by atoms with Gasteiger partial charge in [0.15, 0.2) is 12.4 Å². The zero-order chi connectivity index (χ0) is 12.3. The van der Waals surface area contributed by atoms with Gasteiger partial charge in [0.05, 0.1) is 5.56 Å². The van der Waals surface area contributed by atoms with Crippen molar-refractivity contribution in [2.24, 2.45) is 0 Å². The summed E-state index contributed by atoms with van der Waals surface area (Å²) in [5.74, 6) is -1.28.